The molecule has 0 unspecified atom stereocenters. The van der Waals surface area contributed by atoms with Crippen LogP contribution in [-0.2, 0) is 4.74 Å². The summed E-state index contributed by atoms with van der Waals surface area (Å²) in [5.41, 5.74) is -0.353. The maximum atomic E-state index is 11.7. The molecule has 1 aromatic heterocycles. The molecule has 1 heterocycles. The summed E-state index contributed by atoms with van der Waals surface area (Å²) in [5, 5.41) is 0.525. The maximum Gasteiger partial charge on any atom is 0.534 e. The number of carbonyl (C=O) groups excluding carboxylic acids is 1. The highest BCUT2D eigenvalue weighted by atomic mass is 32.1. The van der Waals surface area contributed by atoms with Crippen LogP contribution < -0.4 is 10.4 Å². The number of ether oxygens (including phenoxy) is 1. The molecule has 2 aromatic rings. The van der Waals surface area contributed by atoms with Crippen molar-refractivity contribution in [2.45, 2.75) is 6.92 Å². The normalized spacial score (nSPS) is 10.3. The first-order valence-electron chi connectivity index (χ1n) is 4.68. The minimum atomic E-state index is -0.879. The van der Waals surface area contributed by atoms with Crippen molar-refractivity contribution in [2.24, 2.45) is 0 Å². The van der Waals surface area contributed by atoms with Gasteiger partial charge in [0.2, 0.25) is 0 Å². The number of hydrogen-bond donors (Lipinski definition) is 0. The van der Waals surface area contributed by atoms with Crippen molar-refractivity contribution in [3.05, 3.63) is 34.6 Å². The van der Waals surface area contributed by atoms with Gasteiger partial charge < -0.3 is 4.74 Å². The van der Waals surface area contributed by atoms with Crippen LogP contribution in [0.3, 0.4) is 0 Å². The van der Waals surface area contributed by atoms with Crippen molar-refractivity contribution in [1.82, 2.24) is 4.12 Å². The summed E-state index contributed by atoms with van der Waals surface area (Å²) < 4.78 is 6.26. The van der Waals surface area contributed by atoms with Gasteiger partial charge in [0.05, 0.1) is 16.7 Å². The molecule has 0 bridgehead atoms. The smallest absolute Gasteiger partial charge is 0.433 e. The lowest BCUT2D eigenvalue weighted by Crippen LogP contribution is -2.26. The van der Waals surface area contributed by atoms with Crippen LogP contribution >= 0.6 is 11.5 Å². The average molecular weight is 239 g/mol. The van der Waals surface area contributed by atoms with E-state index in [0.717, 1.165) is 20.4 Å². The van der Waals surface area contributed by atoms with Crippen LogP contribution in [0.2, 0.25) is 0 Å². The summed E-state index contributed by atoms with van der Waals surface area (Å²) in [4.78, 5) is 27.5. The van der Waals surface area contributed by atoms with Gasteiger partial charge in [-0.25, -0.2) is 4.79 Å². The molecule has 0 atom stereocenters. The van der Waals surface area contributed by atoms with Crippen molar-refractivity contribution in [2.75, 3.05) is 6.61 Å². The second-order valence-electron chi connectivity index (χ2n) is 2.92. The molecule has 0 aliphatic heterocycles. The summed E-state index contributed by atoms with van der Waals surface area (Å²) in [6.45, 7) is 1.87. The molecule has 84 valence electrons. The second-order valence-corrected chi connectivity index (χ2v) is 3.88. The van der Waals surface area contributed by atoms with Gasteiger partial charge in [-0.05, 0) is 30.6 Å². The quantitative estimate of drug-likeness (QED) is 0.748. The van der Waals surface area contributed by atoms with Crippen molar-refractivity contribution in [3.8, 4) is 0 Å². The first-order chi connectivity index (χ1) is 7.72. The van der Waals surface area contributed by atoms with Gasteiger partial charge >= 0.3 is 11.7 Å². The Hall–Kier alpha value is -1.82. The number of rotatable bonds is 2. The Morgan fingerprint density at radius 2 is 2.19 bits per heavy atom. The summed E-state index contributed by atoms with van der Waals surface area (Å²) in [6.07, 6.45) is -0.879. The first kappa shape index (κ1) is 10.7. The van der Waals surface area contributed by atoms with Gasteiger partial charge in [0.25, 0.3) is 0 Å². The molecule has 16 heavy (non-hydrogen) atoms. The van der Waals surface area contributed by atoms with Gasteiger partial charge in [0.1, 0.15) is 0 Å². The summed E-state index contributed by atoms with van der Waals surface area (Å²) >= 11 is 1.06. The molecule has 0 spiro atoms. The summed E-state index contributed by atoms with van der Waals surface area (Å²) in [5.74, 6) is 0. The van der Waals surface area contributed by atoms with Gasteiger partial charge in [0.15, 0.2) is 0 Å². The number of carbonyl (C=O) groups is 1. The van der Waals surface area contributed by atoms with E-state index in [2.05, 4.69) is 4.74 Å². The van der Waals surface area contributed by atoms with Crippen LogP contribution in [0.1, 0.15) is 6.92 Å². The fraction of sp³-hybridized carbons (Fsp3) is 0.200. The van der Waals surface area contributed by atoms with Crippen LogP contribution in [-0.4, -0.2) is 16.9 Å². The molecule has 0 saturated carbocycles. The van der Waals surface area contributed by atoms with E-state index in [1.807, 2.05) is 6.07 Å². The lowest BCUT2D eigenvalue weighted by molar-refractivity contribution is 0.0580. The zero-order chi connectivity index (χ0) is 11.5. The Morgan fingerprint density at radius 1 is 1.44 bits per heavy atom. The summed E-state index contributed by atoms with van der Waals surface area (Å²) in [7, 11) is 0. The van der Waals surface area contributed by atoms with Crippen LogP contribution in [0.25, 0.3) is 10.1 Å². The number of benzene rings is 1. The average Bonchev–Trinajstić information content (AvgIpc) is 2.57. The number of nitrogens with zero attached hydrogens (tertiary/aromatic N) is 1. The topological polar surface area (TPSA) is 57.5 Å². The van der Waals surface area contributed by atoms with Crippen LogP contribution in [0, 0.1) is 0 Å². The molecule has 1 aromatic carbocycles. The fourth-order valence-electron chi connectivity index (χ4n) is 1.22. The highest BCUT2D eigenvalue weighted by molar-refractivity contribution is 7.13. The third-order valence-corrected chi connectivity index (χ3v) is 2.84. The number of aromatic nitrogens is 1. The molecular formula is C10H9NO4S. The van der Waals surface area contributed by atoms with Crippen molar-refractivity contribution in [3.63, 3.8) is 0 Å². The van der Waals surface area contributed by atoms with Crippen molar-refractivity contribution >= 4 is 27.8 Å². The zero-order valence-electron chi connectivity index (χ0n) is 8.50. The third-order valence-electron chi connectivity index (χ3n) is 1.88. The van der Waals surface area contributed by atoms with E-state index >= 15 is 0 Å². The predicted molar refractivity (Wildman–Crippen MR) is 59.7 cm³/mol. The van der Waals surface area contributed by atoms with Crippen LogP contribution in [0.15, 0.2) is 29.1 Å². The monoisotopic (exact) mass is 239 g/mol. The Labute approximate surface area is 94.9 Å². The molecule has 0 aliphatic rings. The van der Waals surface area contributed by atoms with Gasteiger partial charge in [-0.2, -0.15) is 0 Å². The fourth-order valence-corrected chi connectivity index (χ4v) is 2.08. The predicted octanol–water partition coefficient (Wildman–Crippen LogP) is 1.65. The number of fused-ring (bicyclic) bond motifs is 1. The zero-order valence-corrected chi connectivity index (χ0v) is 9.32. The molecule has 0 aliphatic carbocycles. The summed E-state index contributed by atoms with van der Waals surface area (Å²) in [6, 6.07) is 7.03. The molecule has 0 N–H and O–H groups in total. The lowest BCUT2D eigenvalue weighted by atomic mass is 10.3. The standard InChI is InChI=1S/C10H9NO4S/c1-2-14-10(13)15-11-9(12)7-5-3-4-6-8(7)16-11/h3-6H,2H2,1H3. The second kappa shape index (κ2) is 4.36. The molecule has 0 fully saturated rings. The molecule has 6 heteroatoms. The van der Waals surface area contributed by atoms with E-state index in [1.165, 1.54) is 0 Å². The van der Waals surface area contributed by atoms with Crippen molar-refractivity contribution < 1.29 is 14.4 Å². The van der Waals surface area contributed by atoms with E-state index in [-0.39, 0.29) is 12.2 Å². The molecule has 0 saturated heterocycles. The number of hydrogen-bond acceptors (Lipinski definition) is 5. The Morgan fingerprint density at radius 3 is 2.88 bits per heavy atom. The van der Waals surface area contributed by atoms with Crippen LogP contribution in [0.5, 0.6) is 0 Å². The minimum absolute atomic E-state index is 0.207. The van der Waals surface area contributed by atoms with E-state index in [1.54, 1.807) is 25.1 Å². The molecule has 0 radical (unpaired) electrons. The SMILES string of the molecule is CCOC(=O)On1sc2ccccc2c1=O. The first-order valence-corrected chi connectivity index (χ1v) is 5.46. The van der Waals surface area contributed by atoms with Gasteiger partial charge in [-0.1, -0.05) is 16.3 Å². The third kappa shape index (κ3) is 1.92. The van der Waals surface area contributed by atoms with Gasteiger partial charge in [0, 0.05) is 0 Å². The Kier molecular flexibility index (Phi) is 2.91. The van der Waals surface area contributed by atoms with Gasteiger partial charge in [-0.15, -0.1) is 0 Å². The Balaban J connectivity index is 2.35. The van der Waals surface area contributed by atoms with E-state index in [9.17, 15) is 9.59 Å². The molecule has 0 amide bonds. The molecule has 2 rings (SSSR count). The highest BCUT2D eigenvalue weighted by Crippen LogP contribution is 2.14. The van der Waals surface area contributed by atoms with Crippen molar-refractivity contribution in [1.29, 1.82) is 0 Å². The minimum Gasteiger partial charge on any atom is -0.433 e. The Bertz CT molecular complexity index is 571. The molecular weight excluding hydrogens is 230 g/mol. The van der Waals surface area contributed by atoms with Crippen LogP contribution in [0.4, 0.5) is 4.79 Å². The largest absolute Gasteiger partial charge is 0.534 e. The molecule has 5 nitrogen and oxygen atoms in total. The van der Waals surface area contributed by atoms with E-state index < -0.39 is 6.16 Å². The maximum absolute atomic E-state index is 11.7. The lowest BCUT2D eigenvalue weighted by Gasteiger charge is -2.00. The van der Waals surface area contributed by atoms with E-state index in [4.69, 9.17) is 4.84 Å². The van der Waals surface area contributed by atoms with E-state index in [0.29, 0.717) is 5.39 Å². The van der Waals surface area contributed by atoms with Gasteiger partial charge in [-0.3, -0.25) is 9.63 Å². The highest BCUT2D eigenvalue weighted by Gasteiger charge is 2.11.